The van der Waals surface area contributed by atoms with Gasteiger partial charge in [-0.2, -0.15) is 0 Å². The van der Waals surface area contributed by atoms with Crippen molar-refractivity contribution < 1.29 is 20.4 Å². The van der Waals surface area contributed by atoms with E-state index >= 15 is 0 Å². The van der Waals surface area contributed by atoms with E-state index < -0.39 is 0 Å². The second kappa shape index (κ2) is 8.84. The summed E-state index contributed by atoms with van der Waals surface area (Å²) in [6, 6.07) is 0. The fourth-order valence-electron chi connectivity index (χ4n) is 0.572. The summed E-state index contributed by atoms with van der Waals surface area (Å²) in [5.74, 6) is 0.514. The maximum absolute atomic E-state index is 3.77. The Morgan fingerprint density at radius 3 is 1.83 bits per heavy atom. The van der Waals surface area contributed by atoms with Crippen molar-refractivity contribution in [2.75, 3.05) is 0 Å². The minimum absolute atomic E-state index is 0. The van der Waals surface area contributed by atoms with Crippen molar-refractivity contribution in [3.8, 4) is 0 Å². The predicted molar refractivity (Wildman–Crippen MR) is 46.3 cm³/mol. The normalized spacial score (nSPS) is 8.08. The largest absolute Gasteiger partial charge is 0.374 e. The summed E-state index contributed by atoms with van der Waals surface area (Å²) in [4.78, 5) is 7.54. The van der Waals surface area contributed by atoms with Crippen LogP contribution in [-0.2, 0) is 20.4 Å². The van der Waals surface area contributed by atoms with E-state index in [1.165, 1.54) is 0 Å². The van der Waals surface area contributed by atoms with Crippen LogP contribution < -0.4 is 0 Å². The van der Waals surface area contributed by atoms with Crippen molar-refractivity contribution in [1.29, 1.82) is 0 Å². The van der Waals surface area contributed by atoms with E-state index in [9.17, 15) is 0 Å². The molecule has 12 heavy (non-hydrogen) atoms. The zero-order valence-corrected chi connectivity index (χ0v) is 10.7. The molecule has 0 amide bonds. The van der Waals surface area contributed by atoms with Gasteiger partial charge in [0, 0.05) is 26.8 Å². The van der Waals surface area contributed by atoms with Gasteiger partial charge >= 0.3 is 0 Å². The fourth-order valence-corrected chi connectivity index (χ4v) is 0.572. The van der Waals surface area contributed by atoms with E-state index in [-0.39, 0.29) is 20.4 Å². The molecular weight excluding hydrogens is 322 g/mol. The topological polar surface area (TPSA) is 25.8 Å². The number of nitrogens with zero attached hydrogens (tertiary/aromatic N) is 2. The Balaban J connectivity index is 0. The van der Waals surface area contributed by atoms with E-state index in [0.717, 1.165) is 5.56 Å². The molecule has 1 rings (SSSR count). The van der Waals surface area contributed by atoms with Gasteiger partial charge in [0.05, 0.1) is 0 Å². The first-order valence-corrected chi connectivity index (χ1v) is 3.98. The van der Waals surface area contributed by atoms with Crippen LogP contribution in [0.2, 0.25) is 0 Å². The zero-order chi connectivity index (χ0) is 8.69. The summed E-state index contributed by atoms with van der Waals surface area (Å²) in [6.45, 7) is 8.22. The molecule has 0 saturated heterocycles. The summed E-state index contributed by atoms with van der Waals surface area (Å²) in [5, 5.41) is 0. The molecule has 0 spiro atoms. The molecule has 0 bridgehead atoms. The first-order valence-electron chi connectivity index (χ1n) is 3.98. The Kier molecular flexibility index (Phi) is 10.5. The quantitative estimate of drug-likeness (QED) is 0.736. The van der Waals surface area contributed by atoms with Gasteiger partial charge in [0.15, 0.2) is 0 Å². The standard InChI is InChI=1S/C7H9N2.C2H6.Re/c1-6(2)7-3-8-5-9-4-7;1-2;/h3-4,6H,1-2H3;1-2H3;/q-1;;. The van der Waals surface area contributed by atoms with Crippen LogP contribution in [0.5, 0.6) is 0 Å². The molecule has 0 aliphatic carbocycles. The third-order valence-electron chi connectivity index (χ3n) is 1.21. The fraction of sp³-hybridized carbons (Fsp3) is 0.556. The maximum atomic E-state index is 3.77. The molecule has 0 aliphatic rings. The van der Waals surface area contributed by atoms with E-state index in [1.807, 2.05) is 13.8 Å². The van der Waals surface area contributed by atoms with Crippen molar-refractivity contribution in [2.45, 2.75) is 33.6 Å². The number of aromatic nitrogens is 2. The average molecular weight is 337 g/mol. The van der Waals surface area contributed by atoms with Crippen LogP contribution >= 0.6 is 0 Å². The zero-order valence-electron chi connectivity index (χ0n) is 8.00. The molecule has 0 aliphatic heterocycles. The minimum Gasteiger partial charge on any atom is -0.374 e. The molecule has 0 fully saturated rings. The van der Waals surface area contributed by atoms with Gasteiger partial charge in [0.2, 0.25) is 0 Å². The molecule has 0 atom stereocenters. The van der Waals surface area contributed by atoms with Crippen molar-refractivity contribution in [1.82, 2.24) is 9.97 Å². The Morgan fingerprint density at radius 1 is 1.17 bits per heavy atom. The summed E-state index contributed by atoms with van der Waals surface area (Å²) < 4.78 is 0. The molecule has 0 aromatic carbocycles. The van der Waals surface area contributed by atoms with Crippen LogP contribution in [-0.4, -0.2) is 9.97 Å². The molecule has 1 radical (unpaired) electrons. The molecule has 69 valence electrons. The van der Waals surface area contributed by atoms with Crippen LogP contribution in [0.4, 0.5) is 0 Å². The Bertz CT molecular complexity index is 175. The van der Waals surface area contributed by atoms with Crippen LogP contribution in [0, 0.1) is 6.33 Å². The predicted octanol–water partition coefficient (Wildman–Crippen LogP) is 2.42. The third-order valence-corrected chi connectivity index (χ3v) is 1.21. The number of hydrogen-bond donors (Lipinski definition) is 0. The second-order valence-electron chi connectivity index (χ2n) is 2.27. The van der Waals surface area contributed by atoms with Crippen LogP contribution in [0.25, 0.3) is 0 Å². The summed E-state index contributed by atoms with van der Waals surface area (Å²) in [7, 11) is 0. The van der Waals surface area contributed by atoms with E-state index in [1.54, 1.807) is 12.4 Å². The molecule has 1 aromatic heterocycles. The van der Waals surface area contributed by atoms with E-state index in [2.05, 4.69) is 30.1 Å². The molecular formula is C9H15N2Re-. The van der Waals surface area contributed by atoms with Crippen LogP contribution in [0.1, 0.15) is 39.2 Å². The van der Waals surface area contributed by atoms with Gasteiger partial charge in [-0.25, -0.2) is 0 Å². The van der Waals surface area contributed by atoms with Gasteiger partial charge in [-0.05, 0) is 5.92 Å². The average Bonchev–Trinajstić information content (AvgIpc) is 2.10. The molecule has 3 heteroatoms. The Hall–Kier alpha value is -0.258. The smallest absolute Gasteiger partial charge is 0.0213 e. The van der Waals surface area contributed by atoms with Crippen molar-refractivity contribution >= 4 is 0 Å². The van der Waals surface area contributed by atoms with Crippen molar-refractivity contribution in [3.05, 3.63) is 24.3 Å². The van der Waals surface area contributed by atoms with Crippen molar-refractivity contribution in [2.24, 2.45) is 0 Å². The molecule has 0 N–H and O–H groups in total. The van der Waals surface area contributed by atoms with Gasteiger partial charge in [0.1, 0.15) is 0 Å². The second-order valence-corrected chi connectivity index (χ2v) is 2.27. The molecule has 0 unspecified atom stereocenters. The van der Waals surface area contributed by atoms with Gasteiger partial charge in [-0.15, -0.1) is 5.56 Å². The van der Waals surface area contributed by atoms with Crippen LogP contribution in [0.3, 0.4) is 0 Å². The van der Waals surface area contributed by atoms with Gasteiger partial charge < -0.3 is 9.97 Å². The van der Waals surface area contributed by atoms with Gasteiger partial charge in [0.25, 0.3) is 0 Å². The monoisotopic (exact) mass is 338 g/mol. The molecule has 1 heterocycles. The Labute approximate surface area is 88.5 Å². The third kappa shape index (κ3) is 5.40. The molecule has 2 nitrogen and oxygen atoms in total. The first-order chi connectivity index (χ1) is 5.30. The van der Waals surface area contributed by atoms with Gasteiger partial charge in [-0.1, -0.05) is 40.1 Å². The number of hydrogen-bond acceptors (Lipinski definition) is 2. The maximum Gasteiger partial charge on any atom is 0.0213 e. The SMILES string of the molecule is CC.CC(C)c1cn[c-]nc1.[Re]. The van der Waals surface area contributed by atoms with Crippen LogP contribution in [0.15, 0.2) is 12.4 Å². The molecule has 1 aromatic rings. The summed E-state index contributed by atoms with van der Waals surface area (Å²) in [5.41, 5.74) is 1.16. The van der Waals surface area contributed by atoms with E-state index in [4.69, 9.17) is 0 Å². The van der Waals surface area contributed by atoms with Crippen molar-refractivity contribution in [3.63, 3.8) is 0 Å². The summed E-state index contributed by atoms with van der Waals surface area (Å²) >= 11 is 0. The Morgan fingerprint density at radius 2 is 1.58 bits per heavy atom. The summed E-state index contributed by atoms with van der Waals surface area (Å²) in [6.07, 6.45) is 6.07. The number of rotatable bonds is 1. The van der Waals surface area contributed by atoms with E-state index in [0.29, 0.717) is 5.92 Å². The minimum atomic E-state index is 0. The first kappa shape index (κ1) is 14.3. The van der Waals surface area contributed by atoms with Gasteiger partial charge in [-0.3, -0.25) is 0 Å². The molecule has 0 saturated carbocycles.